The molecule has 0 aromatic carbocycles. The molecule has 0 aliphatic carbocycles. The minimum absolute atomic E-state index is 0.920. The van der Waals surface area contributed by atoms with Crippen LogP contribution in [0.5, 0.6) is 0 Å². The average molecular weight is 71.1 g/mol. The monoisotopic (exact) mass is 72.0 g/mol. The Balaban J connectivity index is 2.34. The van der Waals surface area contributed by atoms with E-state index in [2.05, 4.69) is 0 Å². The van der Waals surface area contributed by atoms with Gasteiger partial charge in [-0.1, -0.05) is 0 Å². The summed E-state index contributed by atoms with van der Waals surface area (Å²) in [7, 11) is 10.1. The molecule has 1 N–H and O–H groups in total. The minimum atomic E-state index is 0.920. The fourth-order valence-corrected chi connectivity index (χ4v) is 0.114. The molecule has 0 bridgehead atoms. The predicted octanol–water partition coefficient (Wildman–Crippen LogP) is -2.46. The first kappa shape index (κ1) is 6.28. The Morgan fingerprint density at radius 3 is 2.17 bits per heavy atom. The van der Waals surface area contributed by atoms with E-state index in [9.17, 15) is 0 Å². The Labute approximate surface area is 42.2 Å². The molecule has 1 nitrogen and oxygen atoms in total. The van der Waals surface area contributed by atoms with Crippen molar-refractivity contribution < 1.29 is 5.02 Å². The van der Waals surface area contributed by atoms with Crippen molar-refractivity contribution in [1.29, 1.82) is 0 Å². The highest BCUT2D eigenvalue weighted by molar-refractivity contribution is 7.50. The van der Waals surface area contributed by atoms with E-state index >= 15 is 0 Å². The molecule has 22 valence electrons. The van der Waals surface area contributed by atoms with E-state index in [-0.39, 0.29) is 0 Å². The van der Waals surface area contributed by atoms with Crippen LogP contribution >= 0.6 is 0 Å². The molecule has 0 saturated heterocycles. The molecule has 0 heterocycles. The van der Waals surface area contributed by atoms with E-state index in [0.717, 1.165) is 7.37 Å². The molecular formula is HB5O. The van der Waals surface area contributed by atoms with E-state index in [4.69, 9.17) is 12.8 Å². The van der Waals surface area contributed by atoms with Crippen LogP contribution in [-0.2, 0) is 0 Å². The van der Waals surface area contributed by atoms with Crippen molar-refractivity contribution in [3.8, 4) is 0 Å². The smallest absolute Gasteiger partial charge is 0.225 e. The second-order valence-electron chi connectivity index (χ2n) is 0.726. The van der Waals surface area contributed by atoms with E-state index in [1.54, 1.807) is 0 Å². The van der Waals surface area contributed by atoms with Gasteiger partial charge in [-0.05, 0) is 0 Å². The number of hydrogen-bond donors (Lipinski definition) is 1. The highest BCUT2D eigenvalue weighted by Crippen LogP contribution is 1.43. The van der Waals surface area contributed by atoms with Gasteiger partial charge in [0.1, 0.15) is 0 Å². The van der Waals surface area contributed by atoms with E-state index in [1.807, 2.05) is 0 Å². The minimum Gasteiger partial charge on any atom is -0.466 e. The van der Waals surface area contributed by atoms with Crippen molar-refractivity contribution in [1.82, 2.24) is 0 Å². The molecule has 0 spiro atoms. The molecule has 6 radical (unpaired) electrons. The standard InChI is InChI=1S/B5HO/c1-2-3-4-5-6/h6H. The molecule has 0 atom stereocenters. The van der Waals surface area contributed by atoms with Crippen LogP contribution in [0, 0.1) is 0 Å². The van der Waals surface area contributed by atoms with Crippen molar-refractivity contribution in [3.05, 3.63) is 0 Å². The van der Waals surface area contributed by atoms with Crippen LogP contribution in [0.2, 0.25) is 0 Å². The van der Waals surface area contributed by atoms with Crippen molar-refractivity contribution in [2.45, 2.75) is 0 Å². The first-order valence-electron chi connectivity index (χ1n) is 1.59. The highest BCUT2D eigenvalue weighted by Gasteiger charge is 1.84. The van der Waals surface area contributed by atoms with Crippen LogP contribution in [0.15, 0.2) is 0 Å². The normalized spacial score (nSPS) is 6.17. The van der Waals surface area contributed by atoms with Gasteiger partial charge < -0.3 is 5.02 Å². The van der Waals surface area contributed by atoms with Crippen LogP contribution in [0.4, 0.5) is 0 Å². The molecule has 0 aromatic heterocycles. The lowest BCUT2D eigenvalue weighted by Crippen LogP contribution is -2.18. The van der Waals surface area contributed by atoms with E-state index in [1.165, 1.54) is 21.2 Å². The second kappa shape index (κ2) is 5.28. The zero-order chi connectivity index (χ0) is 4.83. The van der Waals surface area contributed by atoms with Crippen molar-refractivity contribution >= 4 is 36.3 Å². The third-order valence-electron chi connectivity index (χ3n) is 0.308. The molecule has 0 fully saturated rings. The van der Waals surface area contributed by atoms with Gasteiger partial charge in [-0.25, -0.2) is 0 Å². The second-order valence-corrected chi connectivity index (χ2v) is 0.726. The number of hydrogen-bond acceptors (Lipinski definition) is 1. The summed E-state index contributed by atoms with van der Waals surface area (Å²) >= 11 is 0. The summed E-state index contributed by atoms with van der Waals surface area (Å²) in [5, 5.41) is 7.91. The van der Waals surface area contributed by atoms with Crippen LogP contribution in [0.25, 0.3) is 0 Å². The van der Waals surface area contributed by atoms with Gasteiger partial charge in [-0.3, -0.25) is 0 Å². The van der Waals surface area contributed by atoms with Crippen molar-refractivity contribution in [2.24, 2.45) is 0 Å². The molecule has 0 aliphatic heterocycles. The van der Waals surface area contributed by atoms with Gasteiger partial charge in [0.2, 0.25) is 7.37 Å². The van der Waals surface area contributed by atoms with Gasteiger partial charge in [0.15, 0.2) is 0 Å². The van der Waals surface area contributed by atoms with E-state index < -0.39 is 0 Å². The summed E-state index contributed by atoms with van der Waals surface area (Å²) < 4.78 is 0. The molecule has 6 heavy (non-hydrogen) atoms. The summed E-state index contributed by atoms with van der Waals surface area (Å²) in [6.07, 6.45) is 0. The summed E-state index contributed by atoms with van der Waals surface area (Å²) in [6.45, 7) is 0. The van der Waals surface area contributed by atoms with Gasteiger partial charge in [0.05, 0.1) is 7.06 Å². The van der Waals surface area contributed by atoms with Gasteiger partial charge in [-0.15, -0.1) is 0 Å². The maximum absolute atomic E-state index is 7.91. The molecular weight excluding hydrogens is 70.1 g/mol. The zero-order valence-corrected chi connectivity index (χ0v) is 3.33. The molecule has 0 aliphatic rings. The molecule has 0 unspecified atom stereocenters. The van der Waals surface area contributed by atoms with Gasteiger partial charge in [0, 0.05) is 21.9 Å². The van der Waals surface area contributed by atoms with E-state index in [0.29, 0.717) is 0 Å². The SMILES string of the molecule is [B][B][B][B][B]O. The molecule has 6 heteroatoms. The van der Waals surface area contributed by atoms with Gasteiger partial charge >= 0.3 is 0 Å². The van der Waals surface area contributed by atoms with Crippen molar-refractivity contribution in [2.75, 3.05) is 0 Å². The fraction of sp³-hybridized carbons (Fsp3) is 0. The summed E-state index contributed by atoms with van der Waals surface area (Å²) in [5.41, 5.74) is 0. The molecule has 0 rings (SSSR count). The highest BCUT2D eigenvalue weighted by atomic mass is 16.2. The lowest BCUT2D eigenvalue weighted by Gasteiger charge is -1.78. The fourth-order valence-electron chi connectivity index (χ4n) is 0.114. The Bertz CT molecular complexity index is 15.9. The van der Waals surface area contributed by atoms with Crippen LogP contribution in [0.3, 0.4) is 0 Å². The average Bonchev–Trinajstić information content (AvgIpc) is 1.61. The largest absolute Gasteiger partial charge is 0.466 e. The predicted molar refractivity (Wildman–Crippen MR) is 31.0 cm³/mol. The topological polar surface area (TPSA) is 20.2 Å². The maximum Gasteiger partial charge on any atom is 0.225 e. The Morgan fingerprint density at radius 1 is 1.33 bits per heavy atom. The quantitative estimate of drug-likeness (QED) is 0.289. The Kier molecular flexibility index (Phi) is 5.54. The first-order chi connectivity index (χ1) is 2.91. The summed E-state index contributed by atoms with van der Waals surface area (Å²) in [4.78, 5) is 0. The first-order valence-corrected chi connectivity index (χ1v) is 1.59. The number of rotatable bonds is 3. The van der Waals surface area contributed by atoms with Gasteiger partial charge in [0.25, 0.3) is 0 Å². The Hall–Kier alpha value is 0.285. The molecule has 0 amide bonds. The van der Waals surface area contributed by atoms with Crippen LogP contribution < -0.4 is 0 Å². The lowest BCUT2D eigenvalue weighted by atomic mass is 9.07. The third-order valence-corrected chi connectivity index (χ3v) is 0.308. The summed E-state index contributed by atoms with van der Waals surface area (Å²) in [6, 6.07) is 0. The third kappa shape index (κ3) is 4.28. The van der Waals surface area contributed by atoms with Crippen molar-refractivity contribution in [3.63, 3.8) is 0 Å². The molecule has 0 saturated carbocycles. The van der Waals surface area contributed by atoms with Crippen LogP contribution in [-0.4, -0.2) is 41.3 Å². The molecule has 0 aromatic rings. The lowest BCUT2D eigenvalue weighted by molar-refractivity contribution is 0.621. The Morgan fingerprint density at radius 2 is 2.00 bits per heavy atom. The maximum atomic E-state index is 7.91. The zero-order valence-electron chi connectivity index (χ0n) is 3.33. The van der Waals surface area contributed by atoms with Gasteiger partial charge in [-0.2, -0.15) is 0 Å². The van der Waals surface area contributed by atoms with Crippen LogP contribution in [0.1, 0.15) is 0 Å². The summed E-state index contributed by atoms with van der Waals surface area (Å²) in [5.74, 6) is 0.